The lowest BCUT2D eigenvalue weighted by atomic mass is 9.76. The highest BCUT2D eigenvalue weighted by atomic mass is 16.4. The summed E-state index contributed by atoms with van der Waals surface area (Å²) in [5.74, 6) is -0.227. The fraction of sp³-hybridized carbons (Fsp3) is 0.625. The van der Waals surface area contributed by atoms with E-state index in [1.54, 1.807) is 18.5 Å². The predicted octanol–water partition coefficient (Wildman–Crippen LogP) is 0.764. The van der Waals surface area contributed by atoms with Gasteiger partial charge in [-0.25, -0.2) is 14.8 Å². The molecule has 7 nitrogen and oxygen atoms in total. The first-order valence-electron chi connectivity index (χ1n) is 7.97. The molecule has 0 aliphatic carbocycles. The zero-order valence-electron chi connectivity index (χ0n) is 13.3. The van der Waals surface area contributed by atoms with Crippen molar-refractivity contribution in [2.24, 2.45) is 5.41 Å². The van der Waals surface area contributed by atoms with Crippen molar-refractivity contribution in [1.82, 2.24) is 19.8 Å². The number of carboxylic acid groups (broad SMARTS) is 1. The minimum absolute atomic E-state index is 0.0528. The number of amides is 1. The van der Waals surface area contributed by atoms with Gasteiger partial charge in [-0.1, -0.05) is 0 Å². The van der Waals surface area contributed by atoms with Crippen LogP contribution in [0.3, 0.4) is 0 Å². The second-order valence-electron chi connectivity index (χ2n) is 6.65. The summed E-state index contributed by atoms with van der Waals surface area (Å²) in [5.41, 5.74) is -0.0528. The Morgan fingerprint density at radius 1 is 1.30 bits per heavy atom. The zero-order chi connectivity index (χ0) is 16.4. The Morgan fingerprint density at radius 2 is 1.96 bits per heavy atom. The molecule has 2 aliphatic rings. The van der Waals surface area contributed by atoms with Gasteiger partial charge in [0.25, 0.3) is 0 Å². The number of carbonyl (C=O) groups excluding carboxylic acids is 1. The Kier molecular flexibility index (Phi) is 4.30. The molecule has 1 spiro atoms. The lowest BCUT2D eigenvalue weighted by molar-refractivity contribution is -0.147. The van der Waals surface area contributed by atoms with Crippen LogP contribution in [0, 0.1) is 5.41 Å². The van der Waals surface area contributed by atoms with E-state index >= 15 is 0 Å². The largest absolute Gasteiger partial charge is 0.480 e. The molecule has 2 saturated heterocycles. The van der Waals surface area contributed by atoms with Crippen molar-refractivity contribution >= 4 is 11.9 Å². The van der Waals surface area contributed by atoms with Crippen LogP contribution in [0.1, 0.15) is 32.0 Å². The highest BCUT2D eigenvalue weighted by molar-refractivity contribution is 5.83. The molecule has 1 aromatic heterocycles. The third-order valence-electron chi connectivity index (χ3n) is 5.10. The van der Waals surface area contributed by atoms with E-state index in [0.29, 0.717) is 13.0 Å². The maximum absolute atomic E-state index is 11.7. The Morgan fingerprint density at radius 3 is 2.48 bits per heavy atom. The topological polar surface area (TPSA) is 86.6 Å². The molecular formula is C16H22N4O3. The van der Waals surface area contributed by atoms with Crippen LogP contribution < -0.4 is 0 Å². The summed E-state index contributed by atoms with van der Waals surface area (Å²) < 4.78 is 0. The molecule has 0 radical (unpaired) electrons. The van der Waals surface area contributed by atoms with Crippen LogP contribution in [0.25, 0.3) is 0 Å². The highest BCUT2D eigenvalue weighted by Crippen LogP contribution is 2.43. The Hall–Kier alpha value is -2.02. The number of aromatic nitrogens is 2. The molecule has 1 aromatic rings. The number of aliphatic carboxylic acids is 1. The average Bonchev–Trinajstić information content (AvgIpc) is 2.91. The molecule has 124 valence electrons. The summed E-state index contributed by atoms with van der Waals surface area (Å²) in [6.45, 7) is 4.51. The molecule has 7 heteroatoms. The fourth-order valence-electron chi connectivity index (χ4n) is 3.77. The number of rotatable bonds is 3. The van der Waals surface area contributed by atoms with Crippen molar-refractivity contribution < 1.29 is 14.7 Å². The number of nitrogens with zero attached hydrogens (tertiary/aromatic N) is 4. The molecule has 2 aliphatic heterocycles. The number of piperidine rings is 1. The second kappa shape index (κ2) is 6.23. The van der Waals surface area contributed by atoms with E-state index in [0.717, 1.165) is 38.3 Å². The van der Waals surface area contributed by atoms with Crippen molar-refractivity contribution in [1.29, 1.82) is 0 Å². The number of hydrogen-bond acceptors (Lipinski definition) is 5. The SMILES string of the molecule is CC(=O)N1CC2(CCN(Cc3ncccn3)CC2)C[C@@H]1C(=O)O. The molecule has 23 heavy (non-hydrogen) atoms. The van der Waals surface area contributed by atoms with Gasteiger partial charge >= 0.3 is 5.97 Å². The van der Waals surface area contributed by atoms with Crippen molar-refractivity contribution in [2.75, 3.05) is 19.6 Å². The van der Waals surface area contributed by atoms with Crippen LogP contribution in [0.4, 0.5) is 0 Å². The lowest BCUT2D eigenvalue weighted by Gasteiger charge is -2.38. The van der Waals surface area contributed by atoms with E-state index in [1.165, 1.54) is 11.8 Å². The summed E-state index contributed by atoms with van der Waals surface area (Å²) in [6.07, 6.45) is 5.87. The average molecular weight is 318 g/mol. The first kappa shape index (κ1) is 15.9. The molecule has 0 saturated carbocycles. The molecule has 1 amide bonds. The molecule has 0 bridgehead atoms. The minimum Gasteiger partial charge on any atom is -0.480 e. The van der Waals surface area contributed by atoms with Crippen molar-refractivity contribution in [3.8, 4) is 0 Å². The van der Waals surface area contributed by atoms with E-state index in [9.17, 15) is 14.7 Å². The minimum atomic E-state index is -0.891. The van der Waals surface area contributed by atoms with Crippen LogP contribution in [0.15, 0.2) is 18.5 Å². The predicted molar refractivity (Wildman–Crippen MR) is 82.4 cm³/mol. The van der Waals surface area contributed by atoms with Crippen LogP contribution >= 0.6 is 0 Å². The van der Waals surface area contributed by atoms with Gasteiger partial charge in [-0.3, -0.25) is 9.69 Å². The number of carbonyl (C=O) groups is 2. The number of likely N-dealkylation sites (tertiary alicyclic amines) is 2. The summed E-state index contributed by atoms with van der Waals surface area (Å²) >= 11 is 0. The molecular weight excluding hydrogens is 296 g/mol. The summed E-state index contributed by atoms with van der Waals surface area (Å²) in [7, 11) is 0. The van der Waals surface area contributed by atoms with Gasteiger partial charge in [-0.2, -0.15) is 0 Å². The van der Waals surface area contributed by atoms with Gasteiger partial charge in [-0.05, 0) is 43.8 Å². The summed E-state index contributed by atoms with van der Waals surface area (Å²) in [4.78, 5) is 35.5. The van der Waals surface area contributed by atoms with E-state index < -0.39 is 12.0 Å². The van der Waals surface area contributed by atoms with Crippen LogP contribution in [0.5, 0.6) is 0 Å². The first-order chi connectivity index (χ1) is 11.0. The molecule has 3 rings (SSSR count). The second-order valence-corrected chi connectivity index (χ2v) is 6.65. The number of carboxylic acids is 1. The normalized spacial score (nSPS) is 24.0. The summed E-state index contributed by atoms with van der Waals surface area (Å²) in [5, 5.41) is 9.37. The molecule has 1 N–H and O–H groups in total. The molecule has 0 unspecified atom stereocenters. The first-order valence-corrected chi connectivity index (χ1v) is 7.97. The molecule has 1 atom stereocenters. The van der Waals surface area contributed by atoms with E-state index in [2.05, 4.69) is 14.9 Å². The van der Waals surface area contributed by atoms with Crippen molar-refractivity contribution in [3.63, 3.8) is 0 Å². The van der Waals surface area contributed by atoms with E-state index in [4.69, 9.17) is 0 Å². The number of hydrogen-bond donors (Lipinski definition) is 1. The maximum Gasteiger partial charge on any atom is 0.326 e. The molecule has 3 heterocycles. The van der Waals surface area contributed by atoms with Gasteiger partial charge in [-0.15, -0.1) is 0 Å². The van der Waals surface area contributed by atoms with Crippen molar-refractivity contribution in [3.05, 3.63) is 24.3 Å². The summed E-state index contributed by atoms with van der Waals surface area (Å²) in [6, 6.07) is 1.13. The Balaban J connectivity index is 1.62. The molecule has 2 fully saturated rings. The van der Waals surface area contributed by atoms with Gasteiger partial charge in [0.2, 0.25) is 5.91 Å². The van der Waals surface area contributed by atoms with E-state index in [1.807, 2.05) is 0 Å². The zero-order valence-corrected chi connectivity index (χ0v) is 13.3. The lowest BCUT2D eigenvalue weighted by Crippen LogP contribution is -2.42. The maximum atomic E-state index is 11.7. The van der Waals surface area contributed by atoms with E-state index in [-0.39, 0.29) is 11.3 Å². The molecule has 0 aromatic carbocycles. The van der Waals surface area contributed by atoms with Gasteiger partial charge in [0.15, 0.2) is 0 Å². The van der Waals surface area contributed by atoms with Crippen LogP contribution in [-0.2, 0) is 16.1 Å². The standard InChI is InChI=1S/C16H22N4O3/c1-12(21)20-11-16(9-13(20)15(22)23)3-7-19(8-4-16)10-14-17-5-2-6-18-14/h2,5-6,13H,3-4,7-11H2,1H3,(H,22,23)/t13-/m1/s1. The van der Waals surface area contributed by atoms with Gasteiger partial charge < -0.3 is 10.0 Å². The smallest absolute Gasteiger partial charge is 0.326 e. The van der Waals surface area contributed by atoms with Crippen LogP contribution in [0.2, 0.25) is 0 Å². The van der Waals surface area contributed by atoms with Crippen LogP contribution in [-0.4, -0.2) is 62.4 Å². The highest BCUT2D eigenvalue weighted by Gasteiger charge is 2.49. The quantitative estimate of drug-likeness (QED) is 0.885. The fourth-order valence-corrected chi connectivity index (χ4v) is 3.77. The Labute approximate surface area is 135 Å². The van der Waals surface area contributed by atoms with Gasteiger partial charge in [0.1, 0.15) is 11.9 Å². The van der Waals surface area contributed by atoms with Gasteiger partial charge in [0.05, 0.1) is 6.54 Å². The third kappa shape index (κ3) is 3.34. The Bertz CT molecular complexity index is 560. The monoisotopic (exact) mass is 318 g/mol. The van der Waals surface area contributed by atoms with Crippen molar-refractivity contribution in [2.45, 2.75) is 38.8 Å². The third-order valence-corrected chi connectivity index (χ3v) is 5.10. The van der Waals surface area contributed by atoms with Gasteiger partial charge in [0, 0.05) is 25.9 Å².